The monoisotopic (exact) mass is 458 g/mol. The van der Waals surface area contributed by atoms with Crippen LogP contribution < -0.4 is 10.6 Å². The van der Waals surface area contributed by atoms with E-state index in [1.807, 2.05) is 40.7 Å². The lowest BCUT2D eigenvalue weighted by Gasteiger charge is -2.44. The smallest absolute Gasteiger partial charge is 0.410 e. The van der Waals surface area contributed by atoms with Crippen LogP contribution in [0.2, 0.25) is 0 Å². The minimum absolute atomic E-state index is 0.0122. The van der Waals surface area contributed by atoms with E-state index in [0.29, 0.717) is 31.6 Å². The van der Waals surface area contributed by atoms with Crippen molar-refractivity contribution >= 4 is 29.5 Å². The van der Waals surface area contributed by atoms with Crippen molar-refractivity contribution in [3.8, 4) is 0 Å². The van der Waals surface area contributed by atoms with Gasteiger partial charge in [-0.1, -0.05) is 12.1 Å². The SMILES string of the molecule is C[C@@H]1CN(C(=O)OC(C)(C)C)C[C@H](C)N1CC(=O)Nc1cccc(C2CCC(=O)NC2=O)c1. The van der Waals surface area contributed by atoms with Crippen LogP contribution >= 0.6 is 0 Å². The Hall–Kier alpha value is -2.94. The zero-order chi connectivity index (χ0) is 24.3. The van der Waals surface area contributed by atoms with E-state index in [0.717, 1.165) is 5.56 Å². The molecule has 0 aromatic heterocycles. The summed E-state index contributed by atoms with van der Waals surface area (Å²) in [6, 6.07) is 7.16. The van der Waals surface area contributed by atoms with Gasteiger partial charge < -0.3 is 15.0 Å². The molecule has 2 aliphatic heterocycles. The largest absolute Gasteiger partial charge is 0.444 e. The van der Waals surface area contributed by atoms with Crippen molar-refractivity contribution in [3.05, 3.63) is 29.8 Å². The Morgan fingerprint density at radius 1 is 1.15 bits per heavy atom. The third kappa shape index (κ3) is 6.54. The van der Waals surface area contributed by atoms with Crippen molar-refractivity contribution in [1.29, 1.82) is 0 Å². The quantitative estimate of drug-likeness (QED) is 0.671. The van der Waals surface area contributed by atoms with Crippen LogP contribution in [0.3, 0.4) is 0 Å². The molecule has 0 radical (unpaired) electrons. The summed E-state index contributed by atoms with van der Waals surface area (Å²) >= 11 is 0. The summed E-state index contributed by atoms with van der Waals surface area (Å²) in [5.74, 6) is -1.13. The van der Waals surface area contributed by atoms with Gasteiger partial charge >= 0.3 is 6.09 Å². The summed E-state index contributed by atoms with van der Waals surface area (Å²) in [5, 5.41) is 5.28. The highest BCUT2D eigenvalue weighted by molar-refractivity contribution is 6.01. The Morgan fingerprint density at radius 3 is 2.42 bits per heavy atom. The number of carbonyl (C=O) groups is 4. The molecule has 2 heterocycles. The second-order valence-electron chi connectivity index (χ2n) is 9.93. The normalized spacial score (nSPS) is 24.3. The van der Waals surface area contributed by atoms with Crippen LogP contribution in [0.1, 0.15) is 58.9 Å². The number of ether oxygens (including phenoxy) is 1. The highest BCUT2D eigenvalue weighted by Crippen LogP contribution is 2.27. The number of hydrogen-bond acceptors (Lipinski definition) is 6. The first-order valence-corrected chi connectivity index (χ1v) is 11.4. The van der Waals surface area contributed by atoms with E-state index in [1.54, 1.807) is 23.1 Å². The number of piperidine rings is 1. The van der Waals surface area contributed by atoms with E-state index in [9.17, 15) is 19.2 Å². The van der Waals surface area contributed by atoms with Crippen LogP contribution in [0.4, 0.5) is 10.5 Å². The van der Waals surface area contributed by atoms with Crippen LogP contribution in [0.25, 0.3) is 0 Å². The van der Waals surface area contributed by atoms with Crippen molar-refractivity contribution in [3.63, 3.8) is 0 Å². The van der Waals surface area contributed by atoms with Crippen molar-refractivity contribution in [2.24, 2.45) is 0 Å². The second-order valence-corrected chi connectivity index (χ2v) is 9.93. The highest BCUT2D eigenvalue weighted by Gasteiger charge is 2.35. The van der Waals surface area contributed by atoms with Gasteiger partial charge in [0.05, 0.1) is 12.5 Å². The minimum Gasteiger partial charge on any atom is -0.444 e. The Kier molecular flexibility index (Phi) is 7.41. The van der Waals surface area contributed by atoms with Crippen LogP contribution in [0.5, 0.6) is 0 Å². The standard InChI is InChI=1S/C24H34N4O5/c1-15-12-27(23(32)33-24(3,4)5)13-16(2)28(15)14-21(30)25-18-8-6-7-17(11-18)19-9-10-20(29)26-22(19)31/h6-8,11,15-16,19H,9-10,12-14H2,1-5H3,(H,25,30)(H,26,29,31)/t15-,16+,19?. The fourth-order valence-corrected chi connectivity index (χ4v) is 4.35. The average Bonchev–Trinajstić information content (AvgIpc) is 2.69. The van der Waals surface area contributed by atoms with Crippen LogP contribution in [0, 0.1) is 0 Å². The maximum Gasteiger partial charge on any atom is 0.410 e. The van der Waals surface area contributed by atoms with Gasteiger partial charge in [-0.3, -0.25) is 24.6 Å². The lowest BCUT2D eigenvalue weighted by molar-refractivity contribution is -0.134. The number of carbonyl (C=O) groups excluding carboxylic acids is 4. The maximum atomic E-state index is 12.8. The topological polar surface area (TPSA) is 108 Å². The van der Waals surface area contributed by atoms with Gasteiger partial charge in [0.1, 0.15) is 5.60 Å². The van der Waals surface area contributed by atoms with Gasteiger partial charge in [0.25, 0.3) is 0 Å². The van der Waals surface area contributed by atoms with E-state index >= 15 is 0 Å². The average molecular weight is 459 g/mol. The number of nitrogens with one attached hydrogen (secondary N) is 2. The molecular weight excluding hydrogens is 424 g/mol. The summed E-state index contributed by atoms with van der Waals surface area (Å²) in [5.41, 5.74) is 0.823. The first-order chi connectivity index (χ1) is 15.4. The van der Waals surface area contributed by atoms with Gasteiger partial charge in [0.2, 0.25) is 17.7 Å². The Balaban J connectivity index is 1.58. The van der Waals surface area contributed by atoms with Gasteiger partial charge in [0, 0.05) is 37.3 Å². The molecule has 1 unspecified atom stereocenters. The Bertz CT molecular complexity index is 914. The molecule has 180 valence electrons. The second kappa shape index (κ2) is 9.91. The molecule has 2 N–H and O–H groups in total. The Labute approximate surface area is 194 Å². The van der Waals surface area contributed by atoms with Crippen LogP contribution in [-0.4, -0.2) is 70.9 Å². The summed E-state index contributed by atoms with van der Waals surface area (Å²) < 4.78 is 5.49. The molecule has 0 aliphatic carbocycles. The van der Waals surface area contributed by atoms with Gasteiger partial charge in [-0.05, 0) is 58.7 Å². The molecule has 9 heteroatoms. The molecule has 0 spiro atoms. The molecule has 1 aromatic rings. The molecule has 2 aliphatic rings. The van der Waals surface area contributed by atoms with Crippen molar-refractivity contribution in [2.45, 2.75) is 71.1 Å². The number of rotatable bonds is 4. The molecule has 0 bridgehead atoms. The number of benzene rings is 1. The number of hydrogen-bond donors (Lipinski definition) is 2. The lowest BCUT2D eigenvalue weighted by Crippen LogP contribution is -2.59. The number of anilines is 1. The van der Waals surface area contributed by atoms with Gasteiger partial charge in [-0.25, -0.2) is 4.79 Å². The minimum atomic E-state index is -0.553. The fourth-order valence-electron chi connectivity index (χ4n) is 4.35. The maximum absolute atomic E-state index is 12.8. The predicted molar refractivity (Wildman–Crippen MR) is 124 cm³/mol. The highest BCUT2D eigenvalue weighted by atomic mass is 16.6. The van der Waals surface area contributed by atoms with Crippen molar-refractivity contribution in [2.75, 3.05) is 25.0 Å². The molecule has 4 amide bonds. The molecule has 3 rings (SSSR count). The summed E-state index contributed by atoms with van der Waals surface area (Å²) in [7, 11) is 0. The van der Waals surface area contributed by atoms with E-state index in [1.165, 1.54) is 0 Å². The van der Waals surface area contributed by atoms with E-state index < -0.39 is 11.5 Å². The van der Waals surface area contributed by atoms with Gasteiger partial charge in [-0.15, -0.1) is 0 Å². The number of nitrogens with zero attached hydrogens (tertiary/aromatic N) is 2. The zero-order valence-corrected chi connectivity index (χ0v) is 20.0. The van der Waals surface area contributed by atoms with Crippen LogP contribution in [-0.2, 0) is 19.1 Å². The van der Waals surface area contributed by atoms with Crippen molar-refractivity contribution in [1.82, 2.24) is 15.1 Å². The fraction of sp³-hybridized carbons (Fsp3) is 0.583. The summed E-state index contributed by atoms with van der Waals surface area (Å²) in [4.78, 5) is 52.6. The van der Waals surface area contributed by atoms with Gasteiger partial charge in [-0.2, -0.15) is 0 Å². The third-order valence-corrected chi connectivity index (χ3v) is 5.89. The number of amides is 4. The van der Waals surface area contributed by atoms with Crippen molar-refractivity contribution < 1.29 is 23.9 Å². The van der Waals surface area contributed by atoms with Crippen LogP contribution in [0.15, 0.2) is 24.3 Å². The third-order valence-electron chi connectivity index (χ3n) is 5.89. The van der Waals surface area contributed by atoms with E-state index in [-0.39, 0.29) is 42.4 Å². The molecule has 0 saturated carbocycles. The number of imide groups is 1. The Morgan fingerprint density at radius 2 is 1.82 bits per heavy atom. The summed E-state index contributed by atoms with van der Waals surface area (Å²) in [6.07, 6.45) is 0.424. The van der Waals surface area contributed by atoms with E-state index in [4.69, 9.17) is 4.74 Å². The molecule has 2 fully saturated rings. The molecular formula is C24H34N4O5. The first-order valence-electron chi connectivity index (χ1n) is 11.4. The molecule has 1 aromatic carbocycles. The lowest BCUT2D eigenvalue weighted by atomic mass is 9.90. The summed E-state index contributed by atoms with van der Waals surface area (Å²) in [6.45, 7) is 10.7. The predicted octanol–water partition coefficient (Wildman–Crippen LogP) is 2.47. The molecule has 2 saturated heterocycles. The first kappa shape index (κ1) is 24.7. The zero-order valence-electron chi connectivity index (χ0n) is 20.0. The number of piperazine rings is 1. The molecule has 3 atom stereocenters. The van der Waals surface area contributed by atoms with E-state index in [2.05, 4.69) is 15.5 Å². The molecule has 33 heavy (non-hydrogen) atoms. The molecule has 9 nitrogen and oxygen atoms in total. The van der Waals surface area contributed by atoms with Gasteiger partial charge in [0.15, 0.2) is 0 Å².